The van der Waals surface area contributed by atoms with Crippen LogP contribution in [-0.4, -0.2) is 31.6 Å². The molecule has 3 aromatic carbocycles. The highest BCUT2D eigenvalue weighted by Crippen LogP contribution is 2.31. The van der Waals surface area contributed by atoms with Crippen molar-refractivity contribution in [2.24, 2.45) is 0 Å². The molecular weight excluding hydrogens is 402 g/mol. The van der Waals surface area contributed by atoms with E-state index in [0.29, 0.717) is 12.2 Å². The number of carbonyl (C=O) groups excluding carboxylic acids is 1. The average Bonchev–Trinajstić information content (AvgIpc) is 2.76. The molecule has 7 heteroatoms. The fourth-order valence-corrected chi connectivity index (χ4v) is 3.36. The molecule has 0 spiro atoms. The van der Waals surface area contributed by atoms with Crippen LogP contribution in [0.4, 0.5) is 14.5 Å². The van der Waals surface area contributed by atoms with Gasteiger partial charge in [0.05, 0.1) is 7.11 Å². The lowest BCUT2D eigenvalue weighted by Gasteiger charge is -2.28. The molecule has 162 valence electrons. The van der Waals surface area contributed by atoms with Crippen molar-refractivity contribution in [3.8, 4) is 11.5 Å². The third-order valence-electron chi connectivity index (χ3n) is 4.72. The van der Waals surface area contributed by atoms with E-state index in [-0.39, 0.29) is 17.4 Å². The fraction of sp³-hybridized carbons (Fsp3) is 0.208. The predicted octanol–water partition coefficient (Wildman–Crippen LogP) is 5.11. The van der Waals surface area contributed by atoms with Gasteiger partial charge in [-0.1, -0.05) is 54.6 Å². The molecule has 5 nitrogen and oxygen atoms in total. The van der Waals surface area contributed by atoms with E-state index >= 15 is 0 Å². The molecule has 3 aromatic rings. The number of amides is 1. The number of rotatable bonds is 9. The Bertz CT molecular complexity index is 985. The van der Waals surface area contributed by atoms with E-state index < -0.39 is 12.7 Å². The first kappa shape index (κ1) is 22.2. The molecule has 0 aliphatic heterocycles. The van der Waals surface area contributed by atoms with Crippen LogP contribution in [0, 0.1) is 0 Å². The second kappa shape index (κ2) is 10.5. The molecule has 0 aromatic heterocycles. The summed E-state index contributed by atoms with van der Waals surface area (Å²) < 4.78 is 34.8. The molecule has 3 rings (SSSR count). The number of para-hydroxylation sites is 1. The van der Waals surface area contributed by atoms with Gasteiger partial charge in [-0.2, -0.15) is 8.78 Å². The van der Waals surface area contributed by atoms with Crippen LogP contribution < -0.4 is 14.8 Å². The number of nitrogens with zero attached hydrogens (tertiary/aromatic N) is 1. The zero-order valence-corrected chi connectivity index (χ0v) is 17.3. The lowest BCUT2D eigenvalue weighted by atomic mass is 10.0. The topological polar surface area (TPSA) is 50.8 Å². The number of methoxy groups -OCH3 is 1. The van der Waals surface area contributed by atoms with Crippen LogP contribution in [0.2, 0.25) is 0 Å². The SMILES string of the molecule is COc1cc(CN(C)C(C(=O)Nc2ccccc2)c2ccccc2)ccc1OC(F)F. The first-order valence-electron chi connectivity index (χ1n) is 9.70. The van der Waals surface area contributed by atoms with Crippen molar-refractivity contribution in [2.75, 3.05) is 19.5 Å². The van der Waals surface area contributed by atoms with Gasteiger partial charge in [0.1, 0.15) is 6.04 Å². The Morgan fingerprint density at radius 3 is 2.23 bits per heavy atom. The Labute approximate surface area is 180 Å². The van der Waals surface area contributed by atoms with Crippen molar-refractivity contribution in [3.05, 3.63) is 90.0 Å². The van der Waals surface area contributed by atoms with E-state index in [1.54, 1.807) is 12.1 Å². The first-order valence-corrected chi connectivity index (χ1v) is 9.70. The van der Waals surface area contributed by atoms with E-state index in [4.69, 9.17) is 4.74 Å². The number of hydrogen-bond donors (Lipinski definition) is 1. The summed E-state index contributed by atoms with van der Waals surface area (Å²) in [6.45, 7) is -2.56. The van der Waals surface area contributed by atoms with Crippen molar-refractivity contribution >= 4 is 11.6 Å². The number of halogens is 2. The van der Waals surface area contributed by atoms with Crippen LogP contribution in [0.15, 0.2) is 78.9 Å². The standard InChI is InChI=1S/C24H24F2N2O3/c1-28(16-17-13-14-20(31-24(25)26)21(15-17)30-2)22(18-9-5-3-6-10-18)23(29)27-19-11-7-4-8-12-19/h3-15,22,24H,16H2,1-2H3,(H,27,29). The molecule has 0 fully saturated rings. The lowest BCUT2D eigenvalue weighted by molar-refractivity contribution is -0.121. The Morgan fingerprint density at radius 2 is 1.61 bits per heavy atom. The highest BCUT2D eigenvalue weighted by atomic mass is 19.3. The van der Waals surface area contributed by atoms with Gasteiger partial charge in [0, 0.05) is 12.2 Å². The molecule has 0 saturated carbocycles. The van der Waals surface area contributed by atoms with Crippen LogP contribution >= 0.6 is 0 Å². The quantitative estimate of drug-likeness (QED) is 0.517. The number of benzene rings is 3. The van der Waals surface area contributed by atoms with Gasteiger partial charge in [0.15, 0.2) is 11.5 Å². The molecule has 31 heavy (non-hydrogen) atoms. The molecule has 1 amide bonds. The summed E-state index contributed by atoms with van der Waals surface area (Å²) in [5, 5.41) is 2.95. The minimum atomic E-state index is -2.94. The number of alkyl halides is 2. The molecule has 0 aliphatic rings. The van der Waals surface area contributed by atoms with Crippen LogP contribution in [-0.2, 0) is 11.3 Å². The number of ether oxygens (including phenoxy) is 2. The van der Waals surface area contributed by atoms with Crippen molar-refractivity contribution < 1.29 is 23.0 Å². The van der Waals surface area contributed by atoms with E-state index in [1.165, 1.54) is 13.2 Å². The average molecular weight is 426 g/mol. The molecule has 1 N–H and O–H groups in total. The Balaban J connectivity index is 1.83. The van der Waals surface area contributed by atoms with Gasteiger partial charge in [-0.05, 0) is 42.4 Å². The number of likely N-dealkylation sites (N-methyl/N-ethyl adjacent to an activating group) is 1. The van der Waals surface area contributed by atoms with Gasteiger partial charge < -0.3 is 14.8 Å². The summed E-state index contributed by atoms with van der Waals surface area (Å²) in [5.74, 6) is -0.00829. The molecule has 1 atom stereocenters. The molecular formula is C24H24F2N2O3. The molecule has 0 saturated heterocycles. The van der Waals surface area contributed by atoms with Crippen molar-refractivity contribution in [2.45, 2.75) is 19.2 Å². The van der Waals surface area contributed by atoms with Crippen LogP contribution in [0.3, 0.4) is 0 Å². The number of hydrogen-bond acceptors (Lipinski definition) is 4. The normalized spacial score (nSPS) is 11.9. The summed E-state index contributed by atoms with van der Waals surface area (Å²) in [4.78, 5) is 15.0. The van der Waals surface area contributed by atoms with E-state index in [1.807, 2.05) is 72.6 Å². The maximum absolute atomic E-state index is 13.2. The predicted molar refractivity (Wildman–Crippen MR) is 115 cm³/mol. The highest BCUT2D eigenvalue weighted by Gasteiger charge is 2.25. The van der Waals surface area contributed by atoms with Gasteiger partial charge >= 0.3 is 6.61 Å². The summed E-state index contributed by atoms with van der Waals surface area (Å²) >= 11 is 0. The third kappa shape index (κ3) is 6.02. The first-order chi connectivity index (χ1) is 15.0. The second-order valence-corrected chi connectivity index (χ2v) is 6.95. The Kier molecular flexibility index (Phi) is 7.56. The van der Waals surface area contributed by atoms with Crippen LogP contribution in [0.25, 0.3) is 0 Å². The zero-order chi connectivity index (χ0) is 22.2. The summed E-state index contributed by atoms with van der Waals surface area (Å²) in [7, 11) is 3.22. The molecule has 0 aliphatic carbocycles. The van der Waals surface area contributed by atoms with Gasteiger partial charge in [-0.15, -0.1) is 0 Å². The number of anilines is 1. The van der Waals surface area contributed by atoms with Gasteiger partial charge in [0.2, 0.25) is 5.91 Å². The lowest BCUT2D eigenvalue weighted by Crippen LogP contribution is -2.34. The summed E-state index contributed by atoms with van der Waals surface area (Å²) in [6, 6.07) is 22.9. The van der Waals surface area contributed by atoms with Crippen molar-refractivity contribution in [1.29, 1.82) is 0 Å². The maximum atomic E-state index is 13.2. The van der Waals surface area contributed by atoms with E-state index in [9.17, 15) is 13.6 Å². The van der Waals surface area contributed by atoms with Gasteiger partial charge in [0.25, 0.3) is 0 Å². The number of carbonyl (C=O) groups is 1. The molecule has 0 radical (unpaired) electrons. The molecule has 0 heterocycles. The van der Waals surface area contributed by atoms with Crippen molar-refractivity contribution in [1.82, 2.24) is 4.90 Å². The maximum Gasteiger partial charge on any atom is 0.387 e. The second-order valence-electron chi connectivity index (χ2n) is 6.95. The van der Waals surface area contributed by atoms with Crippen molar-refractivity contribution in [3.63, 3.8) is 0 Å². The fourth-order valence-electron chi connectivity index (χ4n) is 3.36. The zero-order valence-electron chi connectivity index (χ0n) is 17.3. The van der Waals surface area contributed by atoms with Crippen LogP contribution in [0.1, 0.15) is 17.2 Å². The third-order valence-corrected chi connectivity index (χ3v) is 4.72. The minimum absolute atomic E-state index is 0.0367. The summed E-state index contributed by atoms with van der Waals surface area (Å²) in [6.07, 6.45) is 0. The Morgan fingerprint density at radius 1 is 0.968 bits per heavy atom. The number of nitrogens with one attached hydrogen (secondary N) is 1. The van der Waals surface area contributed by atoms with E-state index in [0.717, 1.165) is 11.1 Å². The molecule has 1 unspecified atom stereocenters. The minimum Gasteiger partial charge on any atom is -0.493 e. The Hall–Kier alpha value is -3.45. The monoisotopic (exact) mass is 426 g/mol. The smallest absolute Gasteiger partial charge is 0.387 e. The molecule has 0 bridgehead atoms. The van der Waals surface area contributed by atoms with Gasteiger partial charge in [-0.25, -0.2) is 0 Å². The summed E-state index contributed by atoms with van der Waals surface area (Å²) in [5.41, 5.74) is 2.33. The van der Waals surface area contributed by atoms with E-state index in [2.05, 4.69) is 10.1 Å². The largest absolute Gasteiger partial charge is 0.493 e. The van der Waals surface area contributed by atoms with Gasteiger partial charge in [-0.3, -0.25) is 9.69 Å². The van der Waals surface area contributed by atoms with Crippen LogP contribution in [0.5, 0.6) is 11.5 Å². The highest BCUT2D eigenvalue weighted by molar-refractivity contribution is 5.95.